The molecule has 1 aliphatic carbocycles. The number of alkyl halides is 3. The average molecular weight is 582 g/mol. The van der Waals surface area contributed by atoms with Gasteiger partial charge in [-0.05, 0) is 37.1 Å². The molecule has 2 heterocycles. The Morgan fingerprint density at radius 1 is 1.07 bits per heavy atom. The lowest BCUT2D eigenvalue weighted by Crippen LogP contribution is -2.51. The minimum atomic E-state index is -4.91. The molecule has 1 aliphatic heterocycles. The predicted molar refractivity (Wildman–Crippen MR) is 137 cm³/mol. The van der Waals surface area contributed by atoms with Gasteiger partial charge in [0.2, 0.25) is 11.4 Å². The van der Waals surface area contributed by atoms with Crippen LogP contribution in [-0.2, 0) is 16.2 Å². The highest BCUT2D eigenvalue weighted by molar-refractivity contribution is 7.90. The molecule has 2 aliphatic rings. The van der Waals surface area contributed by atoms with Gasteiger partial charge in [0, 0.05) is 43.8 Å². The van der Waals surface area contributed by atoms with Crippen LogP contribution in [0.5, 0.6) is 0 Å². The molecule has 3 aromatic rings. The number of guanidine groups is 1. The van der Waals surface area contributed by atoms with Crippen LogP contribution in [0.15, 0.2) is 56.7 Å². The van der Waals surface area contributed by atoms with Gasteiger partial charge in [-0.3, -0.25) is 4.79 Å². The third-order valence-corrected chi connectivity index (χ3v) is 8.24. The lowest BCUT2D eigenvalue weighted by molar-refractivity contribution is -0.139. The topological polar surface area (TPSA) is 138 Å². The average Bonchev–Trinajstić information content (AvgIpc) is 3.73. The van der Waals surface area contributed by atoms with E-state index in [1.165, 1.54) is 17.2 Å². The number of hydrogen-bond acceptors (Lipinski definition) is 5. The van der Waals surface area contributed by atoms with Gasteiger partial charge in [0.1, 0.15) is 16.3 Å². The molecular weight excluding hydrogens is 558 g/mol. The summed E-state index contributed by atoms with van der Waals surface area (Å²) >= 11 is 0. The normalized spacial score (nSPS) is 16.9. The van der Waals surface area contributed by atoms with Gasteiger partial charge in [-0.25, -0.2) is 9.18 Å². The molecule has 2 aromatic carbocycles. The quantitative estimate of drug-likeness (QED) is 0.267. The molecular formula is C25H23F4N5O5S. The summed E-state index contributed by atoms with van der Waals surface area (Å²) in [5.74, 6) is -2.64. The van der Waals surface area contributed by atoms with Gasteiger partial charge < -0.3 is 25.2 Å². The van der Waals surface area contributed by atoms with Crippen LogP contribution in [0.3, 0.4) is 0 Å². The molecule has 1 saturated heterocycles. The van der Waals surface area contributed by atoms with Crippen molar-refractivity contribution in [3.8, 4) is 0 Å². The number of pyridine rings is 1. The van der Waals surface area contributed by atoms with Crippen molar-refractivity contribution in [1.82, 2.24) is 9.47 Å². The second kappa shape index (κ2) is 9.80. The van der Waals surface area contributed by atoms with Gasteiger partial charge in [-0.1, -0.05) is 12.1 Å². The summed E-state index contributed by atoms with van der Waals surface area (Å²) in [5.41, 5.74) is 3.84. The molecule has 15 heteroatoms. The first kappa shape index (κ1) is 27.4. The van der Waals surface area contributed by atoms with Gasteiger partial charge in [-0.15, -0.1) is 4.40 Å². The van der Waals surface area contributed by atoms with Crippen molar-refractivity contribution in [3.05, 3.63) is 69.8 Å². The first-order valence-electron chi connectivity index (χ1n) is 12.2. The fourth-order valence-electron chi connectivity index (χ4n) is 4.74. The van der Waals surface area contributed by atoms with Crippen LogP contribution in [-0.4, -0.2) is 61.1 Å². The zero-order valence-corrected chi connectivity index (χ0v) is 21.5. The molecule has 0 radical (unpaired) electrons. The monoisotopic (exact) mass is 581 g/mol. The molecule has 3 N–H and O–H groups in total. The van der Waals surface area contributed by atoms with Crippen molar-refractivity contribution < 1.29 is 35.9 Å². The molecule has 0 amide bonds. The van der Waals surface area contributed by atoms with E-state index < -0.39 is 55.4 Å². The number of hydrogen-bond donors (Lipinski definition) is 2. The number of piperazine rings is 1. The SMILES string of the molecule is NC(=NS(=O)(=O)c1ccccc1C(F)(F)F)N1CCN(c2cc3c(cc2F)c(=O)c(C(=O)O)cn3C2CC2)CC1. The van der Waals surface area contributed by atoms with Gasteiger partial charge >= 0.3 is 12.1 Å². The van der Waals surface area contributed by atoms with Gasteiger partial charge in [-0.2, -0.15) is 21.6 Å². The van der Waals surface area contributed by atoms with Crippen molar-refractivity contribution in [2.45, 2.75) is 30.0 Å². The molecule has 0 bridgehead atoms. The molecule has 1 saturated carbocycles. The van der Waals surface area contributed by atoms with E-state index in [1.807, 2.05) is 0 Å². The molecule has 2 fully saturated rings. The number of anilines is 1. The van der Waals surface area contributed by atoms with Gasteiger partial charge in [0.05, 0.1) is 16.8 Å². The number of carbonyl (C=O) groups is 1. The van der Waals surface area contributed by atoms with Gasteiger partial charge in [0.15, 0.2) is 0 Å². The maximum Gasteiger partial charge on any atom is 0.417 e. The first-order chi connectivity index (χ1) is 18.8. The number of carboxylic acids is 1. The lowest BCUT2D eigenvalue weighted by atomic mass is 10.1. The van der Waals surface area contributed by atoms with Crippen LogP contribution < -0.4 is 16.1 Å². The lowest BCUT2D eigenvalue weighted by Gasteiger charge is -2.36. The highest BCUT2D eigenvalue weighted by atomic mass is 32.2. The summed E-state index contributed by atoms with van der Waals surface area (Å²) in [6.45, 7) is 0.463. The minimum absolute atomic E-state index is 0.00297. The number of nitrogens with two attached hydrogens (primary N) is 1. The summed E-state index contributed by atoms with van der Waals surface area (Å²) < 4.78 is 85.6. The van der Waals surface area contributed by atoms with E-state index in [2.05, 4.69) is 4.40 Å². The largest absolute Gasteiger partial charge is 0.477 e. The van der Waals surface area contributed by atoms with Crippen molar-refractivity contribution in [3.63, 3.8) is 0 Å². The predicted octanol–water partition coefficient (Wildman–Crippen LogP) is 3.02. The number of aromatic carboxylic acids is 1. The number of benzene rings is 2. The van der Waals surface area contributed by atoms with Crippen LogP contribution in [0, 0.1) is 5.82 Å². The zero-order chi connectivity index (χ0) is 29.0. The Balaban J connectivity index is 1.40. The molecule has 0 atom stereocenters. The molecule has 212 valence electrons. The maximum absolute atomic E-state index is 15.2. The second-order valence-corrected chi connectivity index (χ2v) is 11.1. The summed E-state index contributed by atoms with van der Waals surface area (Å²) in [7, 11) is -4.79. The number of carboxylic acid groups (broad SMARTS) is 1. The van der Waals surface area contributed by atoms with Gasteiger partial charge in [0.25, 0.3) is 10.0 Å². The minimum Gasteiger partial charge on any atom is -0.477 e. The van der Waals surface area contributed by atoms with E-state index in [9.17, 15) is 36.3 Å². The van der Waals surface area contributed by atoms with E-state index in [1.54, 1.807) is 9.47 Å². The third kappa shape index (κ3) is 5.08. The summed E-state index contributed by atoms with van der Waals surface area (Å²) in [6, 6.07) is 6.16. The Morgan fingerprint density at radius 3 is 2.33 bits per heavy atom. The Morgan fingerprint density at radius 2 is 1.73 bits per heavy atom. The maximum atomic E-state index is 15.2. The van der Waals surface area contributed by atoms with Crippen LogP contribution in [0.1, 0.15) is 34.8 Å². The van der Waals surface area contributed by atoms with E-state index in [-0.39, 0.29) is 43.3 Å². The molecule has 10 nitrogen and oxygen atoms in total. The summed E-state index contributed by atoms with van der Waals surface area (Å²) in [4.78, 5) is 26.2. The number of sulfonamides is 1. The van der Waals surface area contributed by atoms with Crippen molar-refractivity contribution >= 4 is 38.5 Å². The number of rotatable bonds is 5. The van der Waals surface area contributed by atoms with E-state index in [4.69, 9.17) is 5.73 Å². The Kier molecular flexibility index (Phi) is 6.72. The standard InChI is InChI=1S/C25H23F4N5O5S/c26-18-11-15-19(34(14-5-6-14)13-16(22(15)35)23(36)37)12-20(18)32-7-9-33(10-8-32)24(30)31-40(38,39)21-4-2-1-3-17(21)25(27,28)29/h1-4,11-14H,5-10H2,(H2,30,31)(H,36,37). The molecule has 0 unspecified atom stereocenters. The molecule has 5 rings (SSSR count). The Bertz CT molecular complexity index is 1710. The van der Waals surface area contributed by atoms with E-state index in [0.29, 0.717) is 11.6 Å². The van der Waals surface area contributed by atoms with Crippen molar-refractivity contribution in [2.75, 3.05) is 31.1 Å². The summed E-state index contributed by atoms with van der Waals surface area (Å²) in [5, 5.41) is 9.36. The van der Waals surface area contributed by atoms with Crippen LogP contribution in [0.2, 0.25) is 0 Å². The van der Waals surface area contributed by atoms with E-state index in [0.717, 1.165) is 37.1 Å². The second-order valence-electron chi connectivity index (χ2n) is 9.53. The highest BCUT2D eigenvalue weighted by Crippen LogP contribution is 2.38. The Labute approximate surface area is 225 Å². The van der Waals surface area contributed by atoms with E-state index >= 15 is 4.39 Å². The summed E-state index contributed by atoms with van der Waals surface area (Å²) in [6.07, 6.45) is -2.06. The van der Waals surface area contributed by atoms with Crippen molar-refractivity contribution in [2.24, 2.45) is 10.1 Å². The Hall–Kier alpha value is -4.14. The number of fused-ring (bicyclic) bond motifs is 1. The first-order valence-corrected chi connectivity index (χ1v) is 13.6. The number of aromatic nitrogens is 1. The van der Waals surface area contributed by atoms with Crippen LogP contribution in [0.4, 0.5) is 23.2 Å². The fraction of sp³-hybridized carbons (Fsp3) is 0.320. The number of nitrogens with zero attached hydrogens (tertiary/aromatic N) is 4. The van der Waals surface area contributed by atoms with Crippen molar-refractivity contribution in [1.29, 1.82) is 0 Å². The zero-order valence-electron chi connectivity index (χ0n) is 20.7. The molecule has 0 spiro atoms. The number of halogens is 4. The highest BCUT2D eigenvalue weighted by Gasteiger charge is 2.37. The third-order valence-electron chi connectivity index (χ3n) is 6.90. The smallest absolute Gasteiger partial charge is 0.417 e. The molecule has 40 heavy (non-hydrogen) atoms. The molecule has 1 aromatic heterocycles. The van der Waals surface area contributed by atoms with Crippen LogP contribution in [0.25, 0.3) is 10.9 Å². The fourth-order valence-corrected chi connectivity index (χ4v) is 5.91. The van der Waals surface area contributed by atoms with Crippen LogP contribution >= 0.6 is 0 Å².